The zero-order valence-corrected chi connectivity index (χ0v) is 16.5. The van der Waals surface area contributed by atoms with Gasteiger partial charge in [-0.05, 0) is 25.0 Å². The highest BCUT2D eigenvalue weighted by atomic mass is 32.2. The Morgan fingerprint density at radius 3 is 2.73 bits per heavy atom. The van der Waals surface area contributed by atoms with E-state index in [9.17, 15) is 13.2 Å². The molecule has 0 spiro atoms. The van der Waals surface area contributed by atoms with Gasteiger partial charge in [-0.1, -0.05) is 12.1 Å². The lowest BCUT2D eigenvalue weighted by Gasteiger charge is -2.14. The van der Waals surface area contributed by atoms with Crippen molar-refractivity contribution in [2.24, 2.45) is 0 Å². The molecular weight excluding hydrogens is 376 g/mol. The van der Waals surface area contributed by atoms with Crippen molar-refractivity contribution in [3.8, 4) is 0 Å². The van der Waals surface area contributed by atoms with Crippen LogP contribution in [-0.2, 0) is 34.2 Å². The van der Waals surface area contributed by atoms with Crippen LogP contribution in [0.15, 0.2) is 20.9 Å². The Morgan fingerprint density at radius 1 is 1.35 bits per heavy atom. The van der Waals surface area contributed by atoms with Gasteiger partial charge in [0.25, 0.3) is 10.0 Å². The Bertz CT molecular complexity index is 868. The number of carbonyl (C=O) groups is 1. The number of aryl methyl sites for hydroxylation is 1. The first-order chi connectivity index (χ1) is 12.4. The minimum atomic E-state index is -3.43. The fourth-order valence-corrected chi connectivity index (χ4v) is 5.74. The van der Waals surface area contributed by atoms with Crippen molar-refractivity contribution in [2.45, 2.75) is 43.4 Å². The van der Waals surface area contributed by atoms with Crippen molar-refractivity contribution in [3.63, 3.8) is 0 Å². The van der Waals surface area contributed by atoms with Gasteiger partial charge in [0.1, 0.15) is 4.21 Å². The largest absolute Gasteiger partial charge is 0.337 e. The number of likely N-dealkylation sites (N-methyl/N-ethyl adjacent to an activating group) is 1. The van der Waals surface area contributed by atoms with Gasteiger partial charge in [-0.25, -0.2) is 8.42 Å². The molecule has 2 aromatic rings. The van der Waals surface area contributed by atoms with Gasteiger partial charge in [-0.2, -0.15) is 9.29 Å². The van der Waals surface area contributed by atoms with E-state index in [2.05, 4.69) is 10.1 Å². The van der Waals surface area contributed by atoms with E-state index in [1.165, 1.54) is 9.21 Å². The standard InChI is InChI=1S/C16H22N4O4S2/c1-3-13-17-14(24-18-13)11-19(2)15(21)10-12-6-7-16(25-12)26(22,23)20-8-4-5-9-20/h6-7H,3-5,8-11H2,1-2H3. The number of hydrogen-bond acceptors (Lipinski definition) is 7. The minimum Gasteiger partial charge on any atom is -0.337 e. The molecule has 1 aliphatic heterocycles. The van der Waals surface area contributed by atoms with Gasteiger partial charge in [0.2, 0.25) is 11.8 Å². The summed E-state index contributed by atoms with van der Waals surface area (Å²) in [5, 5.41) is 3.81. The summed E-state index contributed by atoms with van der Waals surface area (Å²) in [4.78, 5) is 18.8. The van der Waals surface area contributed by atoms with E-state index in [1.54, 1.807) is 19.2 Å². The summed E-state index contributed by atoms with van der Waals surface area (Å²) in [6.07, 6.45) is 2.61. The molecule has 3 heterocycles. The number of hydrogen-bond donors (Lipinski definition) is 0. The molecule has 0 saturated carbocycles. The molecule has 0 bridgehead atoms. The molecule has 2 aromatic heterocycles. The van der Waals surface area contributed by atoms with Crippen LogP contribution < -0.4 is 0 Å². The van der Waals surface area contributed by atoms with Gasteiger partial charge in [0.15, 0.2) is 5.82 Å². The molecular formula is C16H22N4O4S2. The van der Waals surface area contributed by atoms with Crippen LogP contribution in [0.5, 0.6) is 0 Å². The van der Waals surface area contributed by atoms with E-state index in [0.717, 1.165) is 29.1 Å². The second-order valence-corrected chi connectivity index (χ2v) is 9.55. The van der Waals surface area contributed by atoms with Crippen molar-refractivity contribution < 1.29 is 17.7 Å². The fourth-order valence-electron chi connectivity index (χ4n) is 2.72. The van der Waals surface area contributed by atoms with Gasteiger partial charge in [0, 0.05) is 31.4 Å². The zero-order valence-electron chi connectivity index (χ0n) is 14.8. The van der Waals surface area contributed by atoms with E-state index in [0.29, 0.717) is 35.4 Å². The van der Waals surface area contributed by atoms with Crippen molar-refractivity contribution in [1.82, 2.24) is 19.3 Å². The molecule has 10 heteroatoms. The predicted molar refractivity (Wildman–Crippen MR) is 96.2 cm³/mol. The normalized spacial score (nSPS) is 15.5. The molecule has 1 fully saturated rings. The molecule has 1 amide bonds. The van der Waals surface area contributed by atoms with E-state index in [1.807, 2.05) is 6.92 Å². The summed E-state index contributed by atoms with van der Waals surface area (Å²) in [6, 6.07) is 3.30. The summed E-state index contributed by atoms with van der Waals surface area (Å²) in [6.45, 7) is 3.30. The van der Waals surface area contributed by atoms with E-state index in [-0.39, 0.29) is 18.9 Å². The van der Waals surface area contributed by atoms with Crippen LogP contribution in [0.3, 0.4) is 0 Å². The van der Waals surface area contributed by atoms with Crippen molar-refractivity contribution in [3.05, 3.63) is 28.7 Å². The number of carbonyl (C=O) groups excluding carboxylic acids is 1. The number of thiophene rings is 1. The Kier molecular flexibility index (Phi) is 5.73. The van der Waals surface area contributed by atoms with Crippen LogP contribution in [0.25, 0.3) is 0 Å². The number of amides is 1. The highest BCUT2D eigenvalue weighted by molar-refractivity contribution is 7.91. The molecule has 1 saturated heterocycles. The Morgan fingerprint density at radius 2 is 2.08 bits per heavy atom. The van der Waals surface area contributed by atoms with Gasteiger partial charge in [-0.15, -0.1) is 11.3 Å². The fraction of sp³-hybridized carbons (Fsp3) is 0.562. The van der Waals surface area contributed by atoms with E-state index < -0.39 is 10.0 Å². The van der Waals surface area contributed by atoms with Crippen molar-refractivity contribution in [2.75, 3.05) is 20.1 Å². The molecule has 8 nitrogen and oxygen atoms in total. The lowest BCUT2D eigenvalue weighted by Crippen LogP contribution is -2.27. The van der Waals surface area contributed by atoms with Crippen LogP contribution in [-0.4, -0.2) is 53.8 Å². The van der Waals surface area contributed by atoms with Crippen molar-refractivity contribution in [1.29, 1.82) is 0 Å². The smallest absolute Gasteiger partial charge is 0.252 e. The first kappa shape index (κ1) is 19.0. The van der Waals surface area contributed by atoms with Gasteiger partial charge < -0.3 is 9.42 Å². The molecule has 26 heavy (non-hydrogen) atoms. The van der Waals surface area contributed by atoms with Gasteiger partial charge in [0.05, 0.1) is 13.0 Å². The van der Waals surface area contributed by atoms with E-state index in [4.69, 9.17) is 4.52 Å². The summed E-state index contributed by atoms with van der Waals surface area (Å²) in [5.41, 5.74) is 0. The molecule has 0 radical (unpaired) electrons. The second-order valence-electron chi connectivity index (χ2n) is 6.22. The molecule has 0 N–H and O–H groups in total. The zero-order chi connectivity index (χ0) is 18.7. The first-order valence-corrected chi connectivity index (χ1v) is 10.8. The molecule has 0 aromatic carbocycles. The van der Waals surface area contributed by atoms with Crippen molar-refractivity contribution >= 4 is 27.3 Å². The lowest BCUT2D eigenvalue weighted by molar-refractivity contribution is -0.129. The number of aromatic nitrogens is 2. The third-order valence-electron chi connectivity index (χ3n) is 4.25. The maximum atomic E-state index is 12.6. The van der Waals surface area contributed by atoms with Crippen LogP contribution in [0.4, 0.5) is 0 Å². The third-order valence-corrected chi connectivity index (χ3v) is 7.70. The summed E-state index contributed by atoms with van der Waals surface area (Å²) < 4.78 is 32.0. The monoisotopic (exact) mass is 398 g/mol. The first-order valence-electron chi connectivity index (χ1n) is 8.54. The molecule has 0 atom stereocenters. The molecule has 3 rings (SSSR count). The number of sulfonamides is 1. The average Bonchev–Trinajstić information content (AvgIpc) is 3.36. The van der Waals surface area contributed by atoms with Crippen LogP contribution in [0.1, 0.15) is 36.4 Å². The predicted octanol–water partition coefficient (Wildman–Crippen LogP) is 1.68. The third kappa shape index (κ3) is 4.13. The summed E-state index contributed by atoms with van der Waals surface area (Å²) in [7, 11) is -1.77. The molecule has 0 unspecified atom stereocenters. The van der Waals surface area contributed by atoms with Gasteiger partial charge >= 0.3 is 0 Å². The highest BCUT2D eigenvalue weighted by Crippen LogP contribution is 2.27. The van der Waals surface area contributed by atoms with E-state index >= 15 is 0 Å². The maximum absolute atomic E-state index is 12.6. The average molecular weight is 399 g/mol. The highest BCUT2D eigenvalue weighted by Gasteiger charge is 2.28. The summed E-state index contributed by atoms with van der Waals surface area (Å²) >= 11 is 1.16. The Balaban J connectivity index is 1.61. The number of rotatable bonds is 7. The SMILES string of the molecule is CCc1noc(CN(C)C(=O)Cc2ccc(S(=O)(=O)N3CCCC3)s2)n1. The second kappa shape index (κ2) is 7.85. The summed E-state index contributed by atoms with van der Waals surface area (Å²) in [5.74, 6) is 0.866. The maximum Gasteiger partial charge on any atom is 0.252 e. The Hall–Kier alpha value is -1.78. The van der Waals surface area contributed by atoms with Crippen LogP contribution in [0, 0.1) is 0 Å². The minimum absolute atomic E-state index is 0.131. The Labute approximate surface area is 156 Å². The van der Waals surface area contributed by atoms with Crippen LogP contribution in [0.2, 0.25) is 0 Å². The lowest BCUT2D eigenvalue weighted by atomic mass is 10.3. The van der Waals surface area contributed by atoms with Crippen LogP contribution >= 0.6 is 11.3 Å². The molecule has 142 valence electrons. The van der Waals surface area contributed by atoms with Gasteiger partial charge in [-0.3, -0.25) is 4.79 Å². The topological polar surface area (TPSA) is 96.6 Å². The quantitative estimate of drug-likeness (QED) is 0.704. The number of nitrogens with zero attached hydrogens (tertiary/aromatic N) is 4. The molecule has 0 aliphatic carbocycles. The molecule has 1 aliphatic rings.